The highest BCUT2D eigenvalue weighted by atomic mass is 35.5. The van der Waals surface area contributed by atoms with Gasteiger partial charge in [-0.1, -0.05) is 5.22 Å². The van der Waals surface area contributed by atoms with Gasteiger partial charge in [0.2, 0.25) is 0 Å². The Kier molecular flexibility index (Phi) is 2.88. The fourth-order valence-electron chi connectivity index (χ4n) is 1.25. The number of alkyl halides is 1. The summed E-state index contributed by atoms with van der Waals surface area (Å²) >= 11 is 10.9. The molecule has 80 valence electrons. The van der Waals surface area contributed by atoms with E-state index in [2.05, 4.69) is 15.3 Å². The lowest BCUT2D eigenvalue weighted by molar-refractivity contribution is 0.107. The van der Waals surface area contributed by atoms with Crippen LogP contribution in [-0.2, 0) is 6.67 Å². The van der Waals surface area contributed by atoms with Crippen molar-refractivity contribution in [1.29, 1.82) is 0 Å². The van der Waals surface area contributed by atoms with E-state index in [0.717, 1.165) is 0 Å². The molecule has 0 amide bonds. The van der Waals surface area contributed by atoms with Gasteiger partial charge < -0.3 is 0 Å². The molecule has 0 saturated carbocycles. The highest BCUT2D eigenvalue weighted by Gasteiger charge is 2.20. The number of nitrogens with zero attached hydrogens (tertiary/aromatic N) is 5. The van der Waals surface area contributed by atoms with Crippen molar-refractivity contribution in [1.82, 2.24) is 14.6 Å². The van der Waals surface area contributed by atoms with Crippen LogP contribution >= 0.6 is 23.2 Å². The number of halogens is 2. The summed E-state index contributed by atoms with van der Waals surface area (Å²) in [7, 11) is 0. The van der Waals surface area contributed by atoms with Crippen LogP contribution in [0.2, 0.25) is 0 Å². The third-order valence-electron chi connectivity index (χ3n) is 1.92. The van der Waals surface area contributed by atoms with Crippen LogP contribution in [0.25, 0.3) is 0 Å². The van der Waals surface area contributed by atoms with Crippen molar-refractivity contribution in [2.75, 3.05) is 12.4 Å². The van der Waals surface area contributed by atoms with Gasteiger partial charge in [-0.15, -0.1) is 16.7 Å². The summed E-state index contributed by atoms with van der Waals surface area (Å²) in [5.74, 6) is 0.852. The van der Waals surface area contributed by atoms with Gasteiger partial charge in [-0.05, 0) is 11.6 Å². The largest absolute Gasteiger partial charge is 0.293 e. The fraction of sp³-hybridized carbons (Fsp3) is 0.429. The maximum Gasteiger partial charge on any atom is 0.274 e. The van der Waals surface area contributed by atoms with Gasteiger partial charge in [0.25, 0.3) is 5.24 Å². The lowest BCUT2D eigenvalue weighted by Crippen LogP contribution is -2.24. The van der Waals surface area contributed by atoms with Crippen molar-refractivity contribution in [2.24, 2.45) is 10.3 Å². The maximum atomic E-state index is 10.9. The zero-order valence-electron chi connectivity index (χ0n) is 7.60. The van der Waals surface area contributed by atoms with E-state index in [4.69, 9.17) is 23.2 Å². The van der Waals surface area contributed by atoms with E-state index >= 15 is 0 Å². The molecule has 0 bridgehead atoms. The Hall–Kier alpha value is -1.14. The first-order valence-corrected chi connectivity index (χ1v) is 5.11. The Balaban J connectivity index is 2.26. The summed E-state index contributed by atoms with van der Waals surface area (Å²) in [5, 5.41) is 8.78. The summed E-state index contributed by atoms with van der Waals surface area (Å²) < 4.78 is 1.69. The zero-order chi connectivity index (χ0) is 10.8. The molecule has 0 spiro atoms. The van der Waals surface area contributed by atoms with Gasteiger partial charge in [-0.25, -0.2) is 4.98 Å². The molecular weight excluding hydrogens is 241 g/mol. The second kappa shape index (κ2) is 4.16. The summed E-state index contributed by atoms with van der Waals surface area (Å²) in [4.78, 5) is 14.8. The number of imidazole rings is 1. The number of fused-ring (bicyclic) bond motifs is 1. The minimum absolute atomic E-state index is 0.131. The van der Waals surface area contributed by atoms with Crippen molar-refractivity contribution in [3.05, 3.63) is 12.0 Å². The minimum atomic E-state index is -0.631. The van der Waals surface area contributed by atoms with Crippen LogP contribution in [0, 0.1) is 0 Å². The lowest BCUT2D eigenvalue weighted by atomic mass is 10.5. The SMILES string of the molecule is O=C(Cl)c1ncn2c1N=NN(CCCl)C2. The molecule has 0 N–H and O–H groups in total. The molecular formula is C7H7Cl2N5O. The van der Waals surface area contributed by atoms with Gasteiger partial charge in [0.05, 0.1) is 12.9 Å². The molecule has 0 aliphatic carbocycles. The topological polar surface area (TPSA) is 62.9 Å². The third-order valence-corrected chi connectivity index (χ3v) is 2.27. The minimum Gasteiger partial charge on any atom is -0.293 e. The maximum absolute atomic E-state index is 10.9. The molecule has 0 aromatic carbocycles. The molecule has 1 aromatic heterocycles. The molecule has 0 fully saturated rings. The normalized spacial score (nSPS) is 14.1. The van der Waals surface area contributed by atoms with Crippen molar-refractivity contribution >= 4 is 34.3 Å². The molecule has 0 radical (unpaired) electrons. The second-order valence-electron chi connectivity index (χ2n) is 2.91. The van der Waals surface area contributed by atoms with Crippen molar-refractivity contribution in [3.8, 4) is 0 Å². The highest BCUT2D eigenvalue weighted by molar-refractivity contribution is 6.67. The predicted molar refractivity (Wildman–Crippen MR) is 54.4 cm³/mol. The number of carbonyl (C=O) groups is 1. The first-order chi connectivity index (χ1) is 7.22. The summed E-state index contributed by atoms with van der Waals surface area (Å²) in [5.41, 5.74) is 0.131. The first kappa shape index (κ1) is 10.4. The van der Waals surface area contributed by atoms with Crippen LogP contribution in [0.4, 0.5) is 5.82 Å². The fourth-order valence-corrected chi connectivity index (χ4v) is 1.57. The van der Waals surface area contributed by atoms with E-state index < -0.39 is 5.24 Å². The summed E-state index contributed by atoms with van der Waals surface area (Å²) in [6.45, 7) is 1.07. The van der Waals surface area contributed by atoms with E-state index in [1.54, 1.807) is 9.58 Å². The summed E-state index contributed by atoms with van der Waals surface area (Å²) in [6.07, 6.45) is 1.50. The average molecular weight is 248 g/mol. The monoisotopic (exact) mass is 247 g/mol. The quantitative estimate of drug-likeness (QED) is 0.604. The molecule has 1 aliphatic rings. The Bertz CT molecular complexity index is 416. The third kappa shape index (κ3) is 1.95. The number of hydrogen-bond donors (Lipinski definition) is 0. The standard InChI is InChI=1S/C7H7Cl2N5O/c8-1-2-14-4-13-3-10-5(6(9)15)7(13)11-12-14/h3H,1-2,4H2. The van der Waals surface area contributed by atoms with E-state index in [1.807, 2.05) is 0 Å². The molecule has 0 atom stereocenters. The number of hydrogen-bond acceptors (Lipinski definition) is 5. The van der Waals surface area contributed by atoms with Gasteiger partial charge in [0.1, 0.15) is 6.67 Å². The molecule has 2 heterocycles. The molecule has 0 saturated heterocycles. The molecule has 1 aliphatic heterocycles. The molecule has 15 heavy (non-hydrogen) atoms. The van der Waals surface area contributed by atoms with Crippen LogP contribution in [-0.4, -0.2) is 32.2 Å². The first-order valence-electron chi connectivity index (χ1n) is 4.20. The predicted octanol–water partition coefficient (Wildman–Crippen LogP) is 1.77. The molecule has 6 nitrogen and oxygen atoms in total. The average Bonchev–Trinajstić information content (AvgIpc) is 2.61. The van der Waals surface area contributed by atoms with Gasteiger partial charge in [0.15, 0.2) is 11.5 Å². The molecule has 1 aromatic rings. The molecule has 8 heteroatoms. The highest BCUT2D eigenvalue weighted by Crippen LogP contribution is 2.24. The molecule has 2 rings (SSSR count). The van der Waals surface area contributed by atoms with Gasteiger partial charge in [-0.3, -0.25) is 14.4 Å². The van der Waals surface area contributed by atoms with E-state index in [0.29, 0.717) is 24.9 Å². The smallest absolute Gasteiger partial charge is 0.274 e. The Morgan fingerprint density at radius 1 is 1.60 bits per heavy atom. The molecule has 0 unspecified atom stereocenters. The number of aromatic nitrogens is 2. The van der Waals surface area contributed by atoms with Crippen molar-refractivity contribution in [3.63, 3.8) is 0 Å². The van der Waals surface area contributed by atoms with Crippen LogP contribution in [0.3, 0.4) is 0 Å². The second-order valence-corrected chi connectivity index (χ2v) is 3.63. The van der Waals surface area contributed by atoms with E-state index in [1.165, 1.54) is 6.33 Å². The van der Waals surface area contributed by atoms with E-state index in [-0.39, 0.29) is 5.69 Å². The van der Waals surface area contributed by atoms with Crippen LogP contribution < -0.4 is 0 Å². The van der Waals surface area contributed by atoms with Crippen LogP contribution in [0.1, 0.15) is 10.5 Å². The number of carbonyl (C=O) groups excluding carboxylic acids is 1. The summed E-state index contributed by atoms with van der Waals surface area (Å²) in [6, 6.07) is 0. The van der Waals surface area contributed by atoms with Gasteiger partial charge in [0, 0.05) is 5.88 Å². The van der Waals surface area contributed by atoms with Crippen LogP contribution in [0.5, 0.6) is 0 Å². The zero-order valence-corrected chi connectivity index (χ0v) is 9.11. The number of rotatable bonds is 3. The Labute approximate surface area is 95.5 Å². The van der Waals surface area contributed by atoms with Crippen molar-refractivity contribution < 1.29 is 4.79 Å². The van der Waals surface area contributed by atoms with Crippen LogP contribution in [0.15, 0.2) is 16.7 Å². The Morgan fingerprint density at radius 2 is 2.40 bits per heavy atom. The lowest BCUT2D eigenvalue weighted by Gasteiger charge is -2.20. The van der Waals surface area contributed by atoms with E-state index in [9.17, 15) is 4.79 Å². The van der Waals surface area contributed by atoms with Crippen molar-refractivity contribution in [2.45, 2.75) is 6.67 Å². The van der Waals surface area contributed by atoms with Gasteiger partial charge >= 0.3 is 0 Å². The van der Waals surface area contributed by atoms with Gasteiger partial charge in [-0.2, -0.15) is 0 Å². The Morgan fingerprint density at radius 3 is 3.07 bits per heavy atom.